The molecule has 0 saturated heterocycles. The van der Waals surface area contributed by atoms with E-state index in [4.69, 9.17) is 9.98 Å². The molecule has 0 saturated carbocycles. The van der Waals surface area contributed by atoms with Crippen LogP contribution in [0, 0.1) is 0 Å². The van der Waals surface area contributed by atoms with E-state index in [1.54, 1.807) is 0 Å². The van der Waals surface area contributed by atoms with Gasteiger partial charge in [-0.15, -0.1) is 0 Å². The summed E-state index contributed by atoms with van der Waals surface area (Å²) in [6.07, 6.45) is 0. The standard InChI is InChI=1S/C52H64N2Si4/c1-37(53-51-47(39-21-15-25-43(33-39)55(3,4)5)29-19-30-48(51)40-22-16-26-44(34-40)56(6,7)8)38(2)54-52-49(41-23-17-27-45(35-41)57(9,10)11)31-20-32-50(52)42-24-18-28-46(36-42)58(12,13)14/h15-36H,1-14H3. The van der Waals surface area contributed by atoms with Crippen molar-refractivity contribution in [3.8, 4) is 44.5 Å². The fourth-order valence-electron chi connectivity index (χ4n) is 7.37. The number of hydrogen-bond donors (Lipinski definition) is 0. The highest BCUT2D eigenvalue weighted by atomic mass is 28.3. The second kappa shape index (κ2) is 16.6. The molecule has 6 aromatic carbocycles. The summed E-state index contributed by atoms with van der Waals surface area (Å²) >= 11 is 0. The average molecular weight is 829 g/mol. The Morgan fingerprint density at radius 1 is 0.310 bits per heavy atom. The van der Waals surface area contributed by atoms with Crippen LogP contribution in [0.5, 0.6) is 0 Å². The predicted octanol–water partition coefficient (Wildman–Crippen LogP) is 13.4. The molecule has 58 heavy (non-hydrogen) atoms. The van der Waals surface area contributed by atoms with Crippen molar-refractivity contribution in [1.82, 2.24) is 0 Å². The first-order chi connectivity index (χ1) is 27.1. The largest absolute Gasteiger partial charge is 0.251 e. The Hall–Kier alpha value is -4.47. The summed E-state index contributed by atoms with van der Waals surface area (Å²) in [5.74, 6) is 0. The third-order valence-electron chi connectivity index (χ3n) is 11.3. The Bertz CT molecular complexity index is 2190. The lowest BCUT2D eigenvalue weighted by Crippen LogP contribution is -2.37. The van der Waals surface area contributed by atoms with Gasteiger partial charge in [-0.2, -0.15) is 0 Å². The van der Waals surface area contributed by atoms with Gasteiger partial charge in [-0.1, -0.05) is 233 Å². The van der Waals surface area contributed by atoms with Crippen molar-refractivity contribution in [2.75, 3.05) is 0 Å². The summed E-state index contributed by atoms with van der Waals surface area (Å²) in [6, 6.07) is 50.1. The van der Waals surface area contributed by atoms with E-state index in [2.05, 4.69) is 226 Å². The molecule has 0 aliphatic heterocycles. The van der Waals surface area contributed by atoms with Crippen LogP contribution < -0.4 is 20.7 Å². The SMILES string of the molecule is CC(=Nc1c(-c2cccc([Si](C)(C)C)c2)cccc1-c1cccc([Si](C)(C)C)c1)C(C)=Nc1c(-c2cccc([Si](C)(C)C)c2)cccc1-c1cccc([Si](C)(C)C)c1. The molecule has 0 aliphatic rings. The molecule has 0 aliphatic carbocycles. The van der Waals surface area contributed by atoms with E-state index in [1.165, 1.54) is 43.0 Å². The minimum Gasteiger partial charge on any atom is -0.251 e. The minimum absolute atomic E-state index is 0.906. The molecule has 0 amide bonds. The van der Waals surface area contributed by atoms with Crippen LogP contribution in [0.3, 0.4) is 0 Å². The second-order valence-electron chi connectivity index (χ2n) is 20.1. The molecule has 6 heteroatoms. The topological polar surface area (TPSA) is 24.7 Å². The zero-order chi connectivity index (χ0) is 42.2. The number of aliphatic imine (C=N–C) groups is 2. The highest BCUT2D eigenvalue weighted by Crippen LogP contribution is 2.41. The zero-order valence-corrected chi connectivity index (χ0v) is 41.6. The summed E-state index contributed by atoms with van der Waals surface area (Å²) in [4.78, 5) is 11.2. The van der Waals surface area contributed by atoms with Crippen molar-refractivity contribution >= 4 is 75.8 Å². The quantitative estimate of drug-likeness (QED) is 0.0918. The first-order valence-corrected chi connectivity index (χ1v) is 34.9. The summed E-state index contributed by atoms with van der Waals surface area (Å²) in [5, 5.41) is 5.78. The van der Waals surface area contributed by atoms with Crippen LogP contribution in [0.1, 0.15) is 13.8 Å². The summed E-state index contributed by atoms with van der Waals surface area (Å²) in [6.45, 7) is 33.3. The maximum absolute atomic E-state index is 5.61. The van der Waals surface area contributed by atoms with E-state index in [1.807, 2.05) is 0 Å². The van der Waals surface area contributed by atoms with Crippen LogP contribution in [0.4, 0.5) is 11.4 Å². The molecule has 298 valence electrons. The van der Waals surface area contributed by atoms with Crippen molar-refractivity contribution in [1.29, 1.82) is 0 Å². The Morgan fingerprint density at radius 3 is 0.724 bits per heavy atom. The summed E-state index contributed by atoms with van der Waals surface area (Å²) in [5.41, 5.74) is 13.2. The predicted molar refractivity (Wildman–Crippen MR) is 272 cm³/mol. The van der Waals surface area contributed by atoms with Crippen LogP contribution in [0.25, 0.3) is 44.5 Å². The van der Waals surface area contributed by atoms with Crippen molar-refractivity contribution in [2.24, 2.45) is 9.98 Å². The lowest BCUT2D eigenvalue weighted by atomic mass is 9.95. The maximum Gasteiger partial charge on any atom is 0.0790 e. The molecule has 0 bridgehead atoms. The van der Waals surface area contributed by atoms with Gasteiger partial charge in [0.1, 0.15) is 0 Å². The third kappa shape index (κ3) is 9.86. The first kappa shape index (κ1) is 43.1. The lowest BCUT2D eigenvalue weighted by molar-refractivity contribution is 1.46. The molecule has 0 atom stereocenters. The Labute approximate surface area is 354 Å². The maximum atomic E-state index is 5.61. The smallest absolute Gasteiger partial charge is 0.0790 e. The van der Waals surface area contributed by atoms with E-state index in [-0.39, 0.29) is 0 Å². The Morgan fingerprint density at radius 2 is 0.517 bits per heavy atom. The van der Waals surface area contributed by atoms with Crippen LogP contribution >= 0.6 is 0 Å². The molecular formula is C52H64N2Si4. The fraction of sp³-hybridized carbons (Fsp3) is 0.269. The lowest BCUT2D eigenvalue weighted by Gasteiger charge is -2.21. The molecule has 0 spiro atoms. The van der Waals surface area contributed by atoms with Gasteiger partial charge < -0.3 is 0 Å². The van der Waals surface area contributed by atoms with Crippen molar-refractivity contribution in [2.45, 2.75) is 92.4 Å². The van der Waals surface area contributed by atoms with E-state index < -0.39 is 32.3 Å². The third-order valence-corrected chi connectivity index (χ3v) is 19.5. The van der Waals surface area contributed by atoms with E-state index in [0.717, 1.165) is 45.1 Å². The molecular weight excluding hydrogens is 765 g/mol. The molecule has 0 fully saturated rings. The van der Waals surface area contributed by atoms with Gasteiger partial charge in [0.25, 0.3) is 0 Å². The number of nitrogens with zero attached hydrogens (tertiary/aromatic N) is 2. The molecule has 6 rings (SSSR count). The Kier molecular flexibility index (Phi) is 12.4. The highest BCUT2D eigenvalue weighted by Gasteiger charge is 2.23. The summed E-state index contributed by atoms with van der Waals surface area (Å²) < 4.78 is 0. The zero-order valence-electron chi connectivity index (χ0n) is 37.6. The minimum atomic E-state index is -1.56. The van der Waals surface area contributed by atoms with Gasteiger partial charge in [0.05, 0.1) is 55.1 Å². The van der Waals surface area contributed by atoms with Crippen molar-refractivity contribution < 1.29 is 0 Å². The van der Waals surface area contributed by atoms with Gasteiger partial charge in [-0.05, 0) is 36.1 Å². The molecule has 6 aromatic rings. The average Bonchev–Trinajstić information content (AvgIpc) is 3.17. The molecule has 0 radical (unpaired) electrons. The number of para-hydroxylation sites is 2. The van der Waals surface area contributed by atoms with Gasteiger partial charge in [-0.25, -0.2) is 0 Å². The fourth-order valence-corrected chi connectivity index (χ4v) is 12.1. The monoisotopic (exact) mass is 828 g/mol. The van der Waals surface area contributed by atoms with Gasteiger partial charge in [0, 0.05) is 22.3 Å². The number of benzene rings is 6. The number of rotatable bonds is 11. The number of hydrogen-bond acceptors (Lipinski definition) is 2. The molecule has 0 heterocycles. The molecule has 0 N–H and O–H groups in total. The molecule has 0 aromatic heterocycles. The van der Waals surface area contributed by atoms with Crippen LogP contribution in [0.2, 0.25) is 78.6 Å². The van der Waals surface area contributed by atoms with Gasteiger partial charge in [0.15, 0.2) is 0 Å². The van der Waals surface area contributed by atoms with Gasteiger partial charge in [-0.3, -0.25) is 9.98 Å². The van der Waals surface area contributed by atoms with Crippen molar-refractivity contribution in [3.05, 3.63) is 133 Å². The summed E-state index contributed by atoms with van der Waals surface area (Å²) in [7, 11) is -6.22. The van der Waals surface area contributed by atoms with Crippen molar-refractivity contribution in [3.63, 3.8) is 0 Å². The van der Waals surface area contributed by atoms with Crippen LogP contribution in [-0.2, 0) is 0 Å². The second-order valence-corrected chi connectivity index (χ2v) is 40.4. The normalized spacial score (nSPS) is 13.2. The first-order valence-electron chi connectivity index (χ1n) is 20.9. The van der Waals surface area contributed by atoms with E-state index in [0.29, 0.717) is 0 Å². The van der Waals surface area contributed by atoms with E-state index in [9.17, 15) is 0 Å². The Balaban J connectivity index is 1.60. The van der Waals surface area contributed by atoms with Crippen LogP contribution in [-0.4, -0.2) is 43.7 Å². The molecule has 0 unspecified atom stereocenters. The van der Waals surface area contributed by atoms with Gasteiger partial charge in [0.2, 0.25) is 0 Å². The molecule has 2 nitrogen and oxygen atoms in total. The van der Waals surface area contributed by atoms with E-state index >= 15 is 0 Å². The highest BCUT2D eigenvalue weighted by molar-refractivity contribution is 6.90. The van der Waals surface area contributed by atoms with Gasteiger partial charge >= 0.3 is 0 Å². The van der Waals surface area contributed by atoms with Crippen LogP contribution in [0.15, 0.2) is 143 Å².